The zero-order valence-corrected chi connectivity index (χ0v) is 20.8. The number of anilines is 1. The number of nitrogens with zero attached hydrogens (tertiary/aromatic N) is 4. The van der Waals surface area contributed by atoms with Gasteiger partial charge in [0.25, 0.3) is 0 Å². The van der Waals surface area contributed by atoms with E-state index in [2.05, 4.69) is 20.3 Å². The predicted molar refractivity (Wildman–Crippen MR) is 133 cm³/mol. The van der Waals surface area contributed by atoms with Crippen LogP contribution in [-0.4, -0.2) is 82.7 Å². The van der Waals surface area contributed by atoms with Crippen LogP contribution < -0.4 is 11.1 Å². The molecule has 0 saturated carbocycles. The van der Waals surface area contributed by atoms with Crippen molar-refractivity contribution in [3.05, 3.63) is 48.2 Å². The summed E-state index contributed by atoms with van der Waals surface area (Å²) in [6.07, 6.45) is 0.666. The van der Waals surface area contributed by atoms with Crippen molar-refractivity contribution in [3.8, 4) is 22.6 Å². The number of H-pyrrole nitrogens is 1. The van der Waals surface area contributed by atoms with E-state index >= 15 is 0 Å². The second-order valence-corrected chi connectivity index (χ2v) is 9.36. The number of nitrogens with two attached hydrogens (primary N) is 1. The lowest BCUT2D eigenvalue weighted by molar-refractivity contribution is -0.235. The zero-order valence-electron chi connectivity index (χ0n) is 20.8. The predicted octanol–water partition coefficient (Wildman–Crippen LogP) is 1.48. The van der Waals surface area contributed by atoms with Gasteiger partial charge in [-0.2, -0.15) is 0 Å². The summed E-state index contributed by atoms with van der Waals surface area (Å²) < 4.78 is 30.9. The maximum Gasteiger partial charge on any atom is 0.236 e. The van der Waals surface area contributed by atoms with Gasteiger partial charge in [-0.3, -0.25) is 9.59 Å². The summed E-state index contributed by atoms with van der Waals surface area (Å²) >= 11 is 0. The van der Waals surface area contributed by atoms with Crippen LogP contribution in [0.15, 0.2) is 36.5 Å². The number of aromatic amines is 1. The minimum absolute atomic E-state index is 0.0386. The van der Waals surface area contributed by atoms with E-state index in [0.29, 0.717) is 54.8 Å². The highest BCUT2D eigenvalue weighted by molar-refractivity contribution is 5.83. The molecule has 1 aromatic carbocycles. The van der Waals surface area contributed by atoms with Gasteiger partial charge < -0.3 is 35.1 Å². The van der Waals surface area contributed by atoms with Crippen LogP contribution in [0.1, 0.15) is 19.0 Å². The summed E-state index contributed by atoms with van der Waals surface area (Å²) in [6, 6.07) is 7.55. The van der Waals surface area contributed by atoms with Gasteiger partial charge in [-0.05, 0) is 37.3 Å². The molecule has 0 atom stereocenters. The van der Waals surface area contributed by atoms with Gasteiger partial charge in [0.15, 0.2) is 5.82 Å². The van der Waals surface area contributed by atoms with Crippen molar-refractivity contribution in [1.29, 1.82) is 0 Å². The smallest absolute Gasteiger partial charge is 0.236 e. The first kappa shape index (κ1) is 25.7. The van der Waals surface area contributed by atoms with E-state index in [1.165, 1.54) is 18.3 Å². The van der Waals surface area contributed by atoms with E-state index in [4.69, 9.17) is 24.9 Å². The van der Waals surface area contributed by atoms with Crippen molar-refractivity contribution in [1.82, 2.24) is 24.8 Å². The van der Waals surface area contributed by atoms with Crippen LogP contribution >= 0.6 is 0 Å². The van der Waals surface area contributed by atoms with E-state index in [9.17, 15) is 14.0 Å². The fraction of sp³-hybridized carbons (Fsp3) is 0.400. The number of carbonyl (C=O) groups excluding carboxylic acids is 2. The standard InChI is InChI=1S/C25H28FN7O5/c1-25(23(35)33-8-10-36-11-9-33)13-37-22(38-14-25)21-31-19(15-2-4-16(26)5-3-15)20(32-21)17-6-7-28-24(30-17)29-12-18(27)34/h2-7,22H,8-14H2,1H3,(H2,27,34)(H,31,32)(H,28,29,30). The van der Waals surface area contributed by atoms with Gasteiger partial charge in [0, 0.05) is 24.8 Å². The number of halogens is 1. The van der Waals surface area contributed by atoms with Gasteiger partial charge in [0.2, 0.25) is 24.1 Å². The second-order valence-electron chi connectivity index (χ2n) is 9.36. The normalized spacial score (nSPS) is 21.7. The van der Waals surface area contributed by atoms with Crippen LogP contribution in [0, 0.1) is 11.2 Å². The quantitative estimate of drug-likeness (QED) is 0.415. The van der Waals surface area contributed by atoms with Crippen molar-refractivity contribution in [3.63, 3.8) is 0 Å². The Morgan fingerprint density at radius 2 is 1.87 bits per heavy atom. The second kappa shape index (κ2) is 10.8. The average Bonchev–Trinajstić information content (AvgIpc) is 3.38. The number of carbonyl (C=O) groups is 2. The van der Waals surface area contributed by atoms with Crippen LogP contribution in [-0.2, 0) is 23.8 Å². The van der Waals surface area contributed by atoms with Gasteiger partial charge in [-0.1, -0.05) is 0 Å². The Morgan fingerprint density at radius 1 is 1.16 bits per heavy atom. The number of hydrogen-bond acceptors (Lipinski definition) is 9. The third-order valence-electron chi connectivity index (χ3n) is 6.32. The lowest BCUT2D eigenvalue weighted by Crippen LogP contribution is -2.53. The summed E-state index contributed by atoms with van der Waals surface area (Å²) in [6.45, 7) is 4.07. The Morgan fingerprint density at radius 3 is 2.55 bits per heavy atom. The molecule has 0 aliphatic carbocycles. The maximum absolute atomic E-state index is 13.6. The third kappa shape index (κ3) is 5.49. The van der Waals surface area contributed by atoms with Crippen LogP contribution in [0.3, 0.4) is 0 Å². The monoisotopic (exact) mass is 525 g/mol. The summed E-state index contributed by atoms with van der Waals surface area (Å²) in [4.78, 5) is 42.5. The molecule has 0 spiro atoms. The van der Waals surface area contributed by atoms with E-state index in [-0.39, 0.29) is 37.4 Å². The number of morpholine rings is 1. The van der Waals surface area contributed by atoms with Crippen LogP contribution in [0.25, 0.3) is 22.6 Å². The minimum atomic E-state index is -0.859. The highest BCUT2D eigenvalue weighted by Crippen LogP contribution is 2.36. The molecule has 0 unspecified atom stereocenters. The lowest BCUT2D eigenvalue weighted by atomic mass is 9.90. The molecule has 2 fully saturated rings. The highest BCUT2D eigenvalue weighted by atomic mass is 19.1. The van der Waals surface area contributed by atoms with Crippen molar-refractivity contribution < 1.29 is 28.2 Å². The minimum Gasteiger partial charge on any atom is -0.378 e. The SMILES string of the molecule is CC1(C(=O)N2CCOCC2)COC(c2nc(-c3ccc(F)cc3)c(-c3ccnc(NCC(N)=O)n3)[nH]2)OC1. The van der Waals surface area contributed by atoms with Crippen molar-refractivity contribution in [2.24, 2.45) is 11.1 Å². The number of imidazole rings is 1. The summed E-state index contributed by atoms with van der Waals surface area (Å²) in [7, 11) is 0. The molecule has 5 rings (SSSR count). The molecular weight excluding hydrogens is 497 g/mol. The van der Waals surface area contributed by atoms with E-state index in [0.717, 1.165) is 0 Å². The molecule has 2 aliphatic rings. The topological polar surface area (TPSA) is 158 Å². The van der Waals surface area contributed by atoms with E-state index in [1.807, 2.05) is 6.92 Å². The summed E-state index contributed by atoms with van der Waals surface area (Å²) in [5.41, 5.74) is 6.48. The number of hydrogen-bond donors (Lipinski definition) is 3. The van der Waals surface area contributed by atoms with Crippen molar-refractivity contribution in [2.45, 2.75) is 13.2 Å². The van der Waals surface area contributed by atoms with Gasteiger partial charge in [0.1, 0.15) is 5.82 Å². The molecule has 3 aromatic rings. The number of primary amides is 1. The molecule has 200 valence electrons. The van der Waals surface area contributed by atoms with Crippen LogP contribution in [0.4, 0.5) is 10.3 Å². The number of ether oxygens (including phenoxy) is 3. The molecule has 0 bridgehead atoms. The van der Waals surface area contributed by atoms with Gasteiger partial charge >= 0.3 is 0 Å². The van der Waals surface area contributed by atoms with Gasteiger partial charge in [-0.25, -0.2) is 19.3 Å². The van der Waals surface area contributed by atoms with E-state index < -0.39 is 17.6 Å². The zero-order chi connectivity index (χ0) is 26.7. The van der Waals surface area contributed by atoms with Crippen molar-refractivity contribution in [2.75, 3.05) is 51.4 Å². The molecular formula is C25H28FN7O5. The average molecular weight is 526 g/mol. The molecule has 4 N–H and O–H groups in total. The summed E-state index contributed by atoms with van der Waals surface area (Å²) in [5, 5.41) is 2.76. The number of benzene rings is 1. The number of nitrogens with one attached hydrogen (secondary N) is 2. The first-order valence-electron chi connectivity index (χ1n) is 12.1. The van der Waals surface area contributed by atoms with Crippen molar-refractivity contribution >= 4 is 17.8 Å². The Kier molecular flexibility index (Phi) is 7.31. The molecule has 2 aromatic heterocycles. The largest absolute Gasteiger partial charge is 0.378 e. The number of rotatable bonds is 7. The van der Waals surface area contributed by atoms with Crippen LogP contribution in [0.5, 0.6) is 0 Å². The third-order valence-corrected chi connectivity index (χ3v) is 6.32. The molecule has 2 amide bonds. The Balaban J connectivity index is 1.41. The number of amides is 2. The molecule has 2 aliphatic heterocycles. The fourth-order valence-corrected chi connectivity index (χ4v) is 4.29. The Bertz CT molecular complexity index is 1300. The first-order chi connectivity index (χ1) is 18.3. The van der Waals surface area contributed by atoms with Gasteiger partial charge in [-0.15, -0.1) is 0 Å². The van der Waals surface area contributed by atoms with E-state index in [1.54, 1.807) is 23.1 Å². The van der Waals surface area contributed by atoms with Gasteiger partial charge in [0.05, 0.1) is 55.5 Å². The number of aromatic nitrogens is 4. The molecule has 38 heavy (non-hydrogen) atoms. The molecule has 2 saturated heterocycles. The molecule has 13 heteroatoms. The first-order valence-corrected chi connectivity index (χ1v) is 12.1. The molecule has 4 heterocycles. The lowest BCUT2D eigenvalue weighted by Gasteiger charge is -2.39. The summed E-state index contributed by atoms with van der Waals surface area (Å²) in [5.74, 6) is -0.409. The Labute approximate surface area is 217 Å². The molecule has 12 nitrogen and oxygen atoms in total. The molecule has 0 radical (unpaired) electrons. The highest BCUT2D eigenvalue weighted by Gasteiger charge is 2.43. The van der Waals surface area contributed by atoms with Crippen LogP contribution in [0.2, 0.25) is 0 Å². The fourth-order valence-electron chi connectivity index (χ4n) is 4.29. The maximum atomic E-state index is 13.6. The Hall–Kier alpha value is -3.94.